The Morgan fingerprint density at radius 3 is 2.50 bits per heavy atom. The van der Waals surface area contributed by atoms with Gasteiger partial charge in [-0.2, -0.15) is 0 Å². The Balaban J connectivity index is 3.21. The molecule has 18 heavy (non-hydrogen) atoms. The molecule has 0 heterocycles. The topological polar surface area (TPSA) is 66.8 Å². The van der Waals surface area contributed by atoms with E-state index in [-0.39, 0.29) is 0 Å². The number of hydrogen-bond acceptors (Lipinski definition) is 3. The molecular weight excluding hydrogens is 232 g/mol. The summed E-state index contributed by atoms with van der Waals surface area (Å²) in [6.07, 6.45) is 0.350. The first-order valence-corrected chi connectivity index (χ1v) is 6.12. The zero-order valence-electron chi connectivity index (χ0n) is 11.0. The lowest BCUT2D eigenvalue weighted by molar-refractivity contribution is -0.152. The summed E-state index contributed by atoms with van der Waals surface area (Å²) in [6, 6.07) is 7.01. The Labute approximate surface area is 107 Å². The number of carbonyl (C=O) groups is 1. The van der Waals surface area contributed by atoms with Gasteiger partial charge in [-0.05, 0) is 26.3 Å². The molecule has 1 aromatic rings. The first kappa shape index (κ1) is 14.5. The van der Waals surface area contributed by atoms with E-state index in [9.17, 15) is 15.0 Å². The van der Waals surface area contributed by atoms with Crippen molar-refractivity contribution >= 4 is 5.97 Å². The summed E-state index contributed by atoms with van der Waals surface area (Å²) in [7, 11) is 0. The lowest BCUT2D eigenvalue weighted by atomic mass is 9.81. The maximum Gasteiger partial charge on any atom is 0.309 e. The van der Waals surface area contributed by atoms with Crippen LogP contribution in [-0.2, 0) is 10.4 Å². The summed E-state index contributed by atoms with van der Waals surface area (Å²) in [5.41, 5.74) is -0.937. The summed E-state index contributed by atoms with van der Waals surface area (Å²) in [4.78, 5) is 11.2. The van der Waals surface area contributed by atoms with Crippen LogP contribution < -0.4 is 4.74 Å². The monoisotopic (exact) mass is 252 g/mol. The molecule has 4 heteroatoms. The SMILES string of the molecule is CCOc1ccccc1C(C)(O)C(CC)C(=O)O. The second-order valence-corrected chi connectivity index (χ2v) is 4.38. The van der Waals surface area contributed by atoms with E-state index in [1.165, 1.54) is 6.92 Å². The van der Waals surface area contributed by atoms with Gasteiger partial charge in [-0.25, -0.2) is 0 Å². The van der Waals surface area contributed by atoms with Gasteiger partial charge in [0, 0.05) is 5.56 Å². The molecule has 1 aromatic carbocycles. The maximum atomic E-state index is 11.2. The molecular formula is C14H20O4. The van der Waals surface area contributed by atoms with Crippen LogP contribution in [0.5, 0.6) is 5.75 Å². The van der Waals surface area contributed by atoms with Gasteiger partial charge in [0.15, 0.2) is 0 Å². The van der Waals surface area contributed by atoms with Gasteiger partial charge in [0.05, 0.1) is 12.5 Å². The molecule has 1 rings (SSSR count). The van der Waals surface area contributed by atoms with E-state index < -0.39 is 17.5 Å². The largest absolute Gasteiger partial charge is 0.493 e. The second kappa shape index (κ2) is 5.87. The highest BCUT2D eigenvalue weighted by Gasteiger charge is 2.39. The van der Waals surface area contributed by atoms with Gasteiger partial charge in [0.2, 0.25) is 0 Å². The van der Waals surface area contributed by atoms with E-state index >= 15 is 0 Å². The predicted octanol–water partition coefficient (Wildman–Crippen LogP) is 2.40. The van der Waals surface area contributed by atoms with Gasteiger partial charge in [0.25, 0.3) is 0 Å². The number of benzene rings is 1. The lowest BCUT2D eigenvalue weighted by Crippen LogP contribution is -2.37. The summed E-state index contributed by atoms with van der Waals surface area (Å²) in [6.45, 7) is 5.58. The van der Waals surface area contributed by atoms with Crippen LogP contribution in [0.4, 0.5) is 0 Å². The van der Waals surface area contributed by atoms with Crippen molar-refractivity contribution in [2.75, 3.05) is 6.61 Å². The fourth-order valence-corrected chi connectivity index (χ4v) is 2.17. The van der Waals surface area contributed by atoms with Crippen molar-refractivity contribution in [1.29, 1.82) is 0 Å². The van der Waals surface area contributed by atoms with Gasteiger partial charge in [-0.3, -0.25) is 4.79 Å². The Bertz CT molecular complexity index is 412. The van der Waals surface area contributed by atoms with Gasteiger partial charge < -0.3 is 14.9 Å². The van der Waals surface area contributed by atoms with E-state index in [4.69, 9.17) is 4.74 Å². The van der Waals surface area contributed by atoms with E-state index in [1.807, 2.05) is 6.92 Å². The molecule has 0 bridgehead atoms. The number of ether oxygens (including phenoxy) is 1. The molecule has 2 N–H and O–H groups in total. The van der Waals surface area contributed by atoms with Crippen molar-refractivity contribution < 1.29 is 19.7 Å². The highest BCUT2D eigenvalue weighted by atomic mass is 16.5. The molecule has 2 unspecified atom stereocenters. The Kier molecular flexibility index (Phi) is 4.73. The number of aliphatic hydroxyl groups is 1. The number of hydrogen-bond donors (Lipinski definition) is 2. The average Bonchev–Trinajstić information content (AvgIpc) is 2.30. The molecule has 0 fully saturated rings. The molecule has 2 atom stereocenters. The molecule has 4 nitrogen and oxygen atoms in total. The molecule has 0 aliphatic carbocycles. The van der Waals surface area contributed by atoms with Crippen LogP contribution >= 0.6 is 0 Å². The predicted molar refractivity (Wildman–Crippen MR) is 68.6 cm³/mol. The summed E-state index contributed by atoms with van der Waals surface area (Å²) >= 11 is 0. The fraction of sp³-hybridized carbons (Fsp3) is 0.500. The molecule has 0 radical (unpaired) electrons. The zero-order valence-corrected chi connectivity index (χ0v) is 11.0. The molecule has 0 saturated carbocycles. The highest BCUT2D eigenvalue weighted by Crippen LogP contribution is 2.37. The van der Waals surface area contributed by atoms with Crippen LogP contribution in [0, 0.1) is 5.92 Å². The number of rotatable bonds is 6. The lowest BCUT2D eigenvalue weighted by Gasteiger charge is -2.31. The van der Waals surface area contributed by atoms with Crippen LogP contribution in [0.2, 0.25) is 0 Å². The molecule has 0 aromatic heterocycles. The minimum absolute atomic E-state index is 0.350. The minimum atomic E-state index is -1.45. The standard InChI is InChI=1S/C14H20O4/c1-4-10(13(15)16)14(3,17)11-8-6-7-9-12(11)18-5-2/h6-10,17H,4-5H2,1-3H3,(H,15,16). The van der Waals surface area contributed by atoms with E-state index in [0.717, 1.165) is 0 Å². The molecule has 0 amide bonds. The van der Waals surface area contributed by atoms with Crippen molar-refractivity contribution in [3.05, 3.63) is 29.8 Å². The van der Waals surface area contributed by atoms with Crippen molar-refractivity contribution in [3.63, 3.8) is 0 Å². The van der Waals surface area contributed by atoms with Gasteiger partial charge >= 0.3 is 5.97 Å². The van der Waals surface area contributed by atoms with Crippen LogP contribution in [0.1, 0.15) is 32.8 Å². The third kappa shape index (κ3) is 2.82. The quantitative estimate of drug-likeness (QED) is 0.816. The molecule has 0 saturated heterocycles. The normalized spacial score (nSPS) is 15.8. The van der Waals surface area contributed by atoms with Crippen molar-refractivity contribution in [3.8, 4) is 5.75 Å². The Morgan fingerprint density at radius 2 is 2.00 bits per heavy atom. The highest BCUT2D eigenvalue weighted by molar-refractivity contribution is 5.72. The van der Waals surface area contributed by atoms with Gasteiger partial charge in [-0.1, -0.05) is 25.1 Å². The molecule has 0 aliphatic heterocycles. The van der Waals surface area contributed by atoms with Crippen LogP contribution in [0.25, 0.3) is 0 Å². The van der Waals surface area contributed by atoms with Crippen molar-refractivity contribution in [2.24, 2.45) is 5.92 Å². The van der Waals surface area contributed by atoms with E-state index in [0.29, 0.717) is 24.3 Å². The number of carboxylic acid groups (broad SMARTS) is 1. The second-order valence-electron chi connectivity index (χ2n) is 4.38. The van der Waals surface area contributed by atoms with Crippen LogP contribution in [-0.4, -0.2) is 22.8 Å². The van der Waals surface area contributed by atoms with Gasteiger partial charge in [-0.15, -0.1) is 0 Å². The molecule has 100 valence electrons. The number of carboxylic acids is 1. The van der Waals surface area contributed by atoms with Crippen molar-refractivity contribution in [1.82, 2.24) is 0 Å². The summed E-state index contributed by atoms with van der Waals surface area (Å²) < 4.78 is 5.44. The summed E-state index contributed by atoms with van der Waals surface area (Å²) in [5.74, 6) is -1.34. The third-order valence-electron chi connectivity index (χ3n) is 3.12. The maximum absolute atomic E-state index is 11.2. The first-order chi connectivity index (χ1) is 8.45. The first-order valence-electron chi connectivity index (χ1n) is 6.12. The van der Waals surface area contributed by atoms with Crippen LogP contribution in [0.15, 0.2) is 24.3 Å². The number of aliphatic carboxylic acids is 1. The molecule has 0 spiro atoms. The van der Waals surface area contributed by atoms with Crippen molar-refractivity contribution in [2.45, 2.75) is 32.8 Å². The summed E-state index contributed by atoms with van der Waals surface area (Å²) in [5, 5.41) is 19.8. The molecule has 0 aliphatic rings. The average molecular weight is 252 g/mol. The third-order valence-corrected chi connectivity index (χ3v) is 3.12. The Morgan fingerprint density at radius 1 is 1.39 bits per heavy atom. The van der Waals surface area contributed by atoms with Crippen LogP contribution in [0.3, 0.4) is 0 Å². The van der Waals surface area contributed by atoms with Gasteiger partial charge in [0.1, 0.15) is 11.4 Å². The van der Waals surface area contributed by atoms with E-state index in [2.05, 4.69) is 0 Å². The van der Waals surface area contributed by atoms with E-state index in [1.54, 1.807) is 31.2 Å². The fourth-order valence-electron chi connectivity index (χ4n) is 2.17. The Hall–Kier alpha value is -1.55. The number of para-hydroxylation sites is 1. The minimum Gasteiger partial charge on any atom is -0.493 e. The zero-order chi connectivity index (χ0) is 13.8. The smallest absolute Gasteiger partial charge is 0.309 e.